The van der Waals surface area contributed by atoms with Crippen molar-refractivity contribution in [2.45, 2.75) is 32.2 Å². The Balaban J connectivity index is 1.81. The maximum atomic E-state index is 13.8. The Morgan fingerprint density at radius 2 is 1.70 bits per heavy atom. The number of hydrogen-bond donors (Lipinski definition) is 1. The van der Waals surface area contributed by atoms with Gasteiger partial charge >= 0.3 is 0 Å². The third-order valence-corrected chi connectivity index (χ3v) is 3.56. The first-order chi connectivity index (χ1) is 9.81. The third kappa shape index (κ3) is 4.17. The van der Waals surface area contributed by atoms with Crippen LogP contribution in [0, 0.1) is 5.82 Å². The van der Waals surface area contributed by atoms with Gasteiger partial charge in [0.15, 0.2) is 0 Å². The molecule has 0 aliphatic heterocycles. The zero-order valence-electron chi connectivity index (χ0n) is 12.0. The van der Waals surface area contributed by atoms with Gasteiger partial charge in [0, 0.05) is 11.6 Å². The fourth-order valence-corrected chi connectivity index (χ4v) is 2.45. The van der Waals surface area contributed by atoms with E-state index in [4.69, 9.17) is 0 Å². The molecule has 0 fully saturated rings. The first kappa shape index (κ1) is 14.7. The molecule has 0 saturated heterocycles. The summed E-state index contributed by atoms with van der Waals surface area (Å²) in [6.45, 7) is 2.99. The lowest BCUT2D eigenvalue weighted by atomic mass is 10.0. The van der Waals surface area contributed by atoms with E-state index in [-0.39, 0.29) is 11.9 Å². The lowest BCUT2D eigenvalue weighted by Crippen LogP contribution is -2.23. The van der Waals surface area contributed by atoms with E-state index in [1.165, 1.54) is 11.6 Å². The second-order valence-electron chi connectivity index (χ2n) is 5.03. The van der Waals surface area contributed by atoms with Gasteiger partial charge < -0.3 is 5.32 Å². The average Bonchev–Trinajstić information content (AvgIpc) is 2.50. The van der Waals surface area contributed by atoms with Gasteiger partial charge in [-0.2, -0.15) is 0 Å². The van der Waals surface area contributed by atoms with Gasteiger partial charge in [-0.25, -0.2) is 4.39 Å². The summed E-state index contributed by atoms with van der Waals surface area (Å²) in [4.78, 5) is 0. The Labute approximate surface area is 120 Å². The molecule has 0 heterocycles. The second kappa shape index (κ2) is 7.81. The maximum absolute atomic E-state index is 13.8. The minimum atomic E-state index is -0.116. The number of nitrogens with one attached hydrogen (secondary N) is 1. The average molecular weight is 271 g/mol. The van der Waals surface area contributed by atoms with Crippen molar-refractivity contribution in [3.05, 3.63) is 71.5 Å². The van der Waals surface area contributed by atoms with Crippen molar-refractivity contribution in [2.24, 2.45) is 0 Å². The Morgan fingerprint density at radius 1 is 1.00 bits per heavy atom. The summed E-state index contributed by atoms with van der Waals surface area (Å²) in [5.41, 5.74) is 2.13. The monoisotopic (exact) mass is 271 g/mol. The standard InChI is InChI=1S/C18H22FN/c1-2-18(16-12-6-7-13-17(16)19)20-14-8-11-15-9-4-3-5-10-15/h3-7,9-10,12-13,18,20H,2,8,11,14H2,1H3. The number of halogens is 1. The van der Waals surface area contributed by atoms with Gasteiger partial charge in [-0.3, -0.25) is 0 Å². The van der Waals surface area contributed by atoms with Gasteiger partial charge in [-0.05, 0) is 37.4 Å². The highest BCUT2D eigenvalue weighted by molar-refractivity contribution is 5.21. The molecule has 1 unspecified atom stereocenters. The molecular weight excluding hydrogens is 249 g/mol. The van der Waals surface area contributed by atoms with Crippen molar-refractivity contribution < 1.29 is 4.39 Å². The maximum Gasteiger partial charge on any atom is 0.127 e. The molecule has 0 amide bonds. The molecule has 2 heteroatoms. The SMILES string of the molecule is CCC(NCCCc1ccccc1)c1ccccc1F. The Morgan fingerprint density at radius 3 is 2.40 bits per heavy atom. The highest BCUT2D eigenvalue weighted by Crippen LogP contribution is 2.19. The van der Waals surface area contributed by atoms with Crippen LogP contribution in [-0.2, 0) is 6.42 Å². The van der Waals surface area contributed by atoms with Crippen molar-refractivity contribution in [1.29, 1.82) is 0 Å². The van der Waals surface area contributed by atoms with Crippen molar-refractivity contribution >= 4 is 0 Å². The summed E-state index contributed by atoms with van der Waals surface area (Å²) in [7, 11) is 0. The van der Waals surface area contributed by atoms with Gasteiger partial charge in [0.25, 0.3) is 0 Å². The highest BCUT2D eigenvalue weighted by Gasteiger charge is 2.12. The van der Waals surface area contributed by atoms with E-state index in [1.807, 2.05) is 18.2 Å². The fraction of sp³-hybridized carbons (Fsp3) is 0.333. The van der Waals surface area contributed by atoms with Crippen molar-refractivity contribution in [3.8, 4) is 0 Å². The molecule has 0 bridgehead atoms. The number of benzene rings is 2. The zero-order valence-corrected chi connectivity index (χ0v) is 12.0. The molecular formula is C18H22FN. The molecule has 0 aliphatic carbocycles. The molecule has 2 aromatic rings. The number of rotatable bonds is 7. The van der Waals surface area contributed by atoms with Crippen molar-refractivity contribution in [2.75, 3.05) is 6.54 Å². The number of hydrogen-bond acceptors (Lipinski definition) is 1. The molecule has 0 aromatic heterocycles. The van der Waals surface area contributed by atoms with Crippen molar-refractivity contribution in [1.82, 2.24) is 5.32 Å². The van der Waals surface area contributed by atoms with Gasteiger partial charge in [0.1, 0.15) is 5.82 Å². The van der Waals surface area contributed by atoms with E-state index in [0.29, 0.717) is 0 Å². The van der Waals surface area contributed by atoms with Crippen LogP contribution in [0.2, 0.25) is 0 Å². The van der Waals surface area contributed by atoms with Crippen LogP contribution in [-0.4, -0.2) is 6.54 Å². The van der Waals surface area contributed by atoms with Crippen molar-refractivity contribution in [3.63, 3.8) is 0 Å². The molecule has 0 spiro atoms. The minimum absolute atomic E-state index is 0.104. The number of aryl methyl sites for hydroxylation is 1. The summed E-state index contributed by atoms with van der Waals surface area (Å²) in [5, 5.41) is 3.46. The Hall–Kier alpha value is -1.67. The lowest BCUT2D eigenvalue weighted by molar-refractivity contribution is 0.483. The smallest absolute Gasteiger partial charge is 0.127 e. The Kier molecular flexibility index (Phi) is 5.75. The van der Waals surface area contributed by atoms with Crippen LogP contribution in [0.1, 0.15) is 36.9 Å². The Bertz CT molecular complexity index is 510. The second-order valence-corrected chi connectivity index (χ2v) is 5.03. The molecule has 0 saturated carbocycles. The van der Waals surface area contributed by atoms with Crippen LogP contribution in [0.3, 0.4) is 0 Å². The van der Waals surface area contributed by atoms with Gasteiger partial charge in [-0.15, -0.1) is 0 Å². The van der Waals surface area contributed by atoms with E-state index in [9.17, 15) is 4.39 Å². The van der Waals surface area contributed by atoms with Crippen LogP contribution in [0.4, 0.5) is 4.39 Å². The van der Waals surface area contributed by atoms with E-state index in [1.54, 1.807) is 6.07 Å². The molecule has 2 aromatic carbocycles. The molecule has 1 nitrogen and oxygen atoms in total. The molecule has 20 heavy (non-hydrogen) atoms. The van der Waals surface area contributed by atoms with Gasteiger partial charge in [0.2, 0.25) is 0 Å². The summed E-state index contributed by atoms with van der Waals surface area (Å²) >= 11 is 0. The predicted octanol–water partition coefficient (Wildman–Crippen LogP) is 4.50. The minimum Gasteiger partial charge on any atom is -0.310 e. The van der Waals surface area contributed by atoms with Crippen LogP contribution in [0.25, 0.3) is 0 Å². The summed E-state index contributed by atoms with van der Waals surface area (Å²) in [6, 6.07) is 17.6. The largest absolute Gasteiger partial charge is 0.310 e. The molecule has 1 N–H and O–H groups in total. The van der Waals surface area contributed by atoms with Crippen LogP contribution >= 0.6 is 0 Å². The third-order valence-electron chi connectivity index (χ3n) is 3.56. The van der Waals surface area contributed by atoms with E-state index < -0.39 is 0 Å². The van der Waals surface area contributed by atoms with Crippen LogP contribution in [0.15, 0.2) is 54.6 Å². The highest BCUT2D eigenvalue weighted by atomic mass is 19.1. The molecule has 2 rings (SSSR count). The van der Waals surface area contributed by atoms with E-state index in [2.05, 4.69) is 36.5 Å². The van der Waals surface area contributed by atoms with Gasteiger partial charge in [-0.1, -0.05) is 55.5 Å². The first-order valence-corrected chi connectivity index (χ1v) is 7.33. The molecule has 1 atom stereocenters. The quantitative estimate of drug-likeness (QED) is 0.731. The topological polar surface area (TPSA) is 12.0 Å². The summed E-state index contributed by atoms with van der Waals surface area (Å²) in [6.07, 6.45) is 3.02. The molecule has 106 valence electrons. The first-order valence-electron chi connectivity index (χ1n) is 7.33. The fourth-order valence-electron chi connectivity index (χ4n) is 2.45. The van der Waals surface area contributed by atoms with Crippen LogP contribution in [0.5, 0.6) is 0 Å². The van der Waals surface area contributed by atoms with E-state index >= 15 is 0 Å². The predicted molar refractivity (Wildman–Crippen MR) is 82.2 cm³/mol. The summed E-state index contributed by atoms with van der Waals surface area (Å²) < 4.78 is 13.8. The molecule has 0 radical (unpaired) electrons. The van der Waals surface area contributed by atoms with Gasteiger partial charge in [0.05, 0.1) is 0 Å². The molecule has 0 aliphatic rings. The van der Waals surface area contributed by atoms with E-state index in [0.717, 1.165) is 31.4 Å². The lowest BCUT2D eigenvalue weighted by Gasteiger charge is -2.18. The zero-order chi connectivity index (χ0) is 14.2. The van der Waals surface area contributed by atoms with Crippen LogP contribution < -0.4 is 5.32 Å². The normalized spacial score (nSPS) is 12.3. The summed E-state index contributed by atoms with van der Waals surface area (Å²) in [5.74, 6) is -0.116.